The summed E-state index contributed by atoms with van der Waals surface area (Å²) in [6, 6.07) is 12.7. The minimum atomic E-state index is -0.310. The molecule has 0 unspecified atom stereocenters. The minimum absolute atomic E-state index is 0.310. The maximum atomic E-state index is 13.8. The smallest absolute Gasteiger partial charge is 0.131 e. The molecule has 2 rings (SSSR count). The average Bonchev–Trinajstić information content (AvgIpc) is 2.38. The summed E-state index contributed by atoms with van der Waals surface area (Å²) in [6.45, 7) is 0. The molecule has 0 saturated carbocycles. The van der Waals surface area contributed by atoms with E-state index in [9.17, 15) is 4.39 Å². The predicted molar refractivity (Wildman–Crippen MR) is 63.8 cm³/mol. The molecule has 0 atom stereocenters. The largest absolute Gasteiger partial charge is 0.496 e. The van der Waals surface area contributed by atoms with E-state index < -0.39 is 0 Å². The average molecular weight is 231 g/mol. The normalized spacial score (nSPS) is 10.1. The van der Waals surface area contributed by atoms with Gasteiger partial charge in [0.25, 0.3) is 0 Å². The molecule has 0 aromatic heterocycles. The van der Waals surface area contributed by atoms with Crippen LogP contribution in [-0.2, 0) is 0 Å². The Kier molecular flexibility index (Phi) is 3.28. The van der Waals surface area contributed by atoms with Crippen molar-refractivity contribution in [1.29, 1.82) is 0 Å². The van der Waals surface area contributed by atoms with Gasteiger partial charge in [-0.3, -0.25) is 0 Å². The van der Waals surface area contributed by atoms with E-state index in [1.54, 1.807) is 30.3 Å². The Balaban J connectivity index is 2.69. The van der Waals surface area contributed by atoms with Crippen molar-refractivity contribution in [2.24, 2.45) is 0 Å². The van der Waals surface area contributed by atoms with Gasteiger partial charge in [-0.1, -0.05) is 18.2 Å². The van der Waals surface area contributed by atoms with Gasteiger partial charge >= 0.3 is 0 Å². The van der Waals surface area contributed by atoms with E-state index in [1.165, 1.54) is 20.3 Å². The van der Waals surface area contributed by atoms with Gasteiger partial charge in [0.1, 0.15) is 17.3 Å². The van der Waals surface area contributed by atoms with Gasteiger partial charge in [0.15, 0.2) is 0 Å². The van der Waals surface area contributed by atoms with E-state index in [-0.39, 0.29) is 5.82 Å². The van der Waals surface area contributed by atoms with Gasteiger partial charge in [-0.2, -0.15) is 0 Å². The van der Waals surface area contributed by atoms with Crippen molar-refractivity contribution >= 4 is 0 Å². The summed E-state index contributed by atoms with van der Waals surface area (Å²) in [4.78, 5) is 0. The highest BCUT2D eigenvalue weighted by Crippen LogP contribution is 2.38. The molecule has 17 heavy (non-hydrogen) atoms. The Labute approximate surface area is 99.6 Å². The molecule has 0 saturated heterocycles. The van der Waals surface area contributed by atoms with E-state index in [0.29, 0.717) is 22.6 Å². The van der Waals surface area contributed by atoms with Crippen molar-refractivity contribution in [2.75, 3.05) is 14.2 Å². The Bertz CT molecular complexity index is 501. The Morgan fingerprint density at radius 1 is 1.00 bits per heavy atom. The van der Waals surface area contributed by atoms with Gasteiger partial charge in [-0.15, -0.1) is 0 Å². The molecule has 0 heterocycles. The van der Waals surface area contributed by atoms with Gasteiger partial charge in [0.2, 0.25) is 0 Å². The quantitative estimate of drug-likeness (QED) is 0.806. The molecule has 87 valence electrons. The first-order chi connectivity index (χ1) is 8.27. The third-order valence-electron chi connectivity index (χ3n) is 2.50. The summed E-state index contributed by atoms with van der Waals surface area (Å²) in [6.07, 6.45) is 0. The van der Waals surface area contributed by atoms with E-state index in [0.717, 1.165) is 0 Å². The SMILES string of the molecule is COc1c[c]cc(OC)c1-c1ccccc1F. The zero-order valence-electron chi connectivity index (χ0n) is 9.66. The first-order valence-corrected chi connectivity index (χ1v) is 5.15. The van der Waals surface area contributed by atoms with Gasteiger partial charge < -0.3 is 9.47 Å². The second kappa shape index (κ2) is 4.87. The van der Waals surface area contributed by atoms with Crippen LogP contribution in [0.5, 0.6) is 11.5 Å². The predicted octanol–water partition coefficient (Wildman–Crippen LogP) is 3.31. The maximum absolute atomic E-state index is 13.8. The van der Waals surface area contributed by atoms with E-state index in [4.69, 9.17) is 9.47 Å². The van der Waals surface area contributed by atoms with Crippen LogP contribution in [0, 0.1) is 11.9 Å². The van der Waals surface area contributed by atoms with Gasteiger partial charge in [-0.05, 0) is 24.3 Å². The lowest BCUT2D eigenvalue weighted by Crippen LogP contribution is -1.94. The number of halogens is 1. The summed E-state index contributed by atoms with van der Waals surface area (Å²) in [7, 11) is 3.07. The monoisotopic (exact) mass is 231 g/mol. The molecule has 1 radical (unpaired) electrons. The van der Waals surface area contributed by atoms with Crippen LogP contribution >= 0.6 is 0 Å². The highest BCUT2D eigenvalue weighted by Gasteiger charge is 2.15. The van der Waals surface area contributed by atoms with Crippen LogP contribution in [0.15, 0.2) is 36.4 Å². The molecule has 3 heteroatoms. The highest BCUT2D eigenvalue weighted by atomic mass is 19.1. The van der Waals surface area contributed by atoms with Gasteiger partial charge in [0, 0.05) is 5.56 Å². The molecular weight excluding hydrogens is 219 g/mol. The summed E-state index contributed by atoms with van der Waals surface area (Å²) in [5.41, 5.74) is 1.06. The Hall–Kier alpha value is -2.03. The van der Waals surface area contributed by atoms with Crippen LogP contribution in [-0.4, -0.2) is 14.2 Å². The summed E-state index contributed by atoms with van der Waals surface area (Å²) < 4.78 is 24.2. The topological polar surface area (TPSA) is 18.5 Å². The standard InChI is InChI=1S/C14H12FO2/c1-16-12-8-5-9-13(17-2)14(12)10-6-3-4-7-11(10)15/h3-4,6-9H,1-2H3. The number of hydrogen-bond donors (Lipinski definition) is 0. The zero-order valence-corrected chi connectivity index (χ0v) is 9.66. The molecule has 0 spiro atoms. The zero-order chi connectivity index (χ0) is 12.3. The third-order valence-corrected chi connectivity index (χ3v) is 2.50. The fraction of sp³-hybridized carbons (Fsp3) is 0.143. The van der Waals surface area contributed by atoms with Crippen molar-refractivity contribution < 1.29 is 13.9 Å². The van der Waals surface area contributed by atoms with Crippen molar-refractivity contribution in [3.8, 4) is 22.6 Å². The highest BCUT2D eigenvalue weighted by molar-refractivity contribution is 5.77. The van der Waals surface area contributed by atoms with Crippen LogP contribution in [0.4, 0.5) is 4.39 Å². The van der Waals surface area contributed by atoms with Crippen molar-refractivity contribution in [3.05, 3.63) is 48.3 Å². The number of rotatable bonds is 3. The first kappa shape index (κ1) is 11.5. The lowest BCUT2D eigenvalue weighted by molar-refractivity contribution is 0.396. The second-order valence-electron chi connectivity index (χ2n) is 3.45. The summed E-state index contributed by atoms with van der Waals surface area (Å²) in [5.74, 6) is 0.763. The van der Waals surface area contributed by atoms with Crippen molar-refractivity contribution in [1.82, 2.24) is 0 Å². The van der Waals surface area contributed by atoms with E-state index >= 15 is 0 Å². The molecule has 0 fully saturated rings. The molecule has 2 nitrogen and oxygen atoms in total. The third kappa shape index (κ3) is 2.09. The number of ether oxygens (including phenoxy) is 2. The number of benzene rings is 2. The molecular formula is C14H12FO2. The molecule has 0 aliphatic rings. The van der Waals surface area contributed by atoms with Crippen molar-refractivity contribution in [2.45, 2.75) is 0 Å². The minimum Gasteiger partial charge on any atom is -0.496 e. The van der Waals surface area contributed by atoms with Gasteiger partial charge in [0.05, 0.1) is 19.8 Å². The van der Waals surface area contributed by atoms with Gasteiger partial charge in [-0.25, -0.2) is 4.39 Å². The fourth-order valence-electron chi connectivity index (χ4n) is 1.71. The molecule has 2 aromatic rings. The molecule has 0 bridgehead atoms. The Morgan fingerprint density at radius 3 is 2.12 bits per heavy atom. The van der Waals surface area contributed by atoms with Crippen LogP contribution in [0.3, 0.4) is 0 Å². The summed E-state index contributed by atoms with van der Waals surface area (Å²) >= 11 is 0. The Morgan fingerprint density at radius 2 is 1.59 bits per heavy atom. The lowest BCUT2D eigenvalue weighted by atomic mass is 10.0. The molecule has 2 aromatic carbocycles. The number of methoxy groups -OCH3 is 2. The van der Waals surface area contributed by atoms with Crippen LogP contribution in [0.25, 0.3) is 11.1 Å². The molecule has 0 N–H and O–H groups in total. The van der Waals surface area contributed by atoms with E-state index in [1.807, 2.05) is 0 Å². The first-order valence-electron chi connectivity index (χ1n) is 5.15. The summed E-state index contributed by atoms with van der Waals surface area (Å²) in [5, 5.41) is 0. The fourth-order valence-corrected chi connectivity index (χ4v) is 1.71. The van der Waals surface area contributed by atoms with Crippen LogP contribution < -0.4 is 9.47 Å². The second-order valence-corrected chi connectivity index (χ2v) is 3.45. The van der Waals surface area contributed by atoms with Crippen LogP contribution in [0.2, 0.25) is 0 Å². The molecule has 0 amide bonds. The van der Waals surface area contributed by atoms with Crippen molar-refractivity contribution in [3.63, 3.8) is 0 Å². The maximum Gasteiger partial charge on any atom is 0.131 e. The van der Waals surface area contributed by atoms with Crippen LogP contribution in [0.1, 0.15) is 0 Å². The molecule has 0 aliphatic heterocycles. The lowest BCUT2D eigenvalue weighted by Gasteiger charge is -2.13. The van der Waals surface area contributed by atoms with E-state index in [2.05, 4.69) is 6.07 Å². The molecule has 0 aliphatic carbocycles. The number of hydrogen-bond acceptors (Lipinski definition) is 2.